The van der Waals surface area contributed by atoms with Gasteiger partial charge in [0.25, 0.3) is 0 Å². The fourth-order valence-electron chi connectivity index (χ4n) is 1.30. The van der Waals surface area contributed by atoms with Gasteiger partial charge in [-0.1, -0.05) is 32.7 Å². The van der Waals surface area contributed by atoms with E-state index in [9.17, 15) is 5.11 Å². The summed E-state index contributed by atoms with van der Waals surface area (Å²) in [5.41, 5.74) is 0. The summed E-state index contributed by atoms with van der Waals surface area (Å²) in [7, 11) is -0.912. The van der Waals surface area contributed by atoms with E-state index in [2.05, 4.69) is 26.1 Å². The van der Waals surface area contributed by atoms with Crippen molar-refractivity contribution in [2.24, 2.45) is 0 Å². The third-order valence-electron chi connectivity index (χ3n) is 2.38. The second kappa shape index (κ2) is 8.50. The van der Waals surface area contributed by atoms with Crippen molar-refractivity contribution in [1.82, 2.24) is 0 Å². The van der Waals surface area contributed by atoms with E-state index in [1.54, 1.807) is 0 Å². The highest BCUT2D eigenvalue weighted by atomic mass is 32.1. The Hall–Kier alpha value is 0.197. The molecule has 0 heterocycles. The molecule has 0 fully saturated rings. The van der Waals surface area contributed by atoms with Crippen molar-refractivity contribution in [3.8, 4) is 0 Å². The number of hydrogen-bond donors (Lipinski definition) is 3. The Morgan fingerprint density at radius 3 is 2.57 bits per heavy atom. The van der Waals surface area contributed by atoms with E-state index >= 15 is 0 Å². The molecule has 0 bridgehead atoms. The van der Waals surface area contributed by atoms with Crippen LogP contribution in [0.3, 0.4) is 0 Å². The van der Waals surface area contributed by atoms with Crippen LogP contribution in [0.25, 0.3) is 0 Å². The van der Waals surface area contributed by atoms with Crippen LogP contribution < -0.4 is 0 Å². The van der Waals surface area contributed by atoms with E-state index in [0.717, 1.165) is 6.42 Å². The van der Waals surface area contributed by atoms with Gasteiger partial charge < -0.3 is 10.2 Å². The van der Waals surface area contributed by atoms with E-state index in [1.165, 1.54) is 19.3 Å². The fraction of sp³-hybridized carbons (Fsp3) is 0.900. The van der Waals surface area contributed by atoms with Gasteiger partial charge in [0.2, 0.25) is 0 Å². The molecule has 1 unspecified atom stereocenters. The molecule has 0 amide bonds. The van der Waals surface area contributed by atoms with Crippen molar-refractivity contribution in [3.63, 3.8) is 0 Å². The lowest BCUT2D eigenvalue weighted by molar-refractivity contribution is 0.300. The zero-order valence-electron chi connectivity index (χ0n) is 9.16. The number of hydrogen-bond acceptors (Lipinski definition) is 3. The van der Waals surface area contributed by atoms with Gasteiger partial charge in [-0.3, -0.25) is 0 Å². The summed E-state index contributed by atoms with van der Waals surface area (Å²) in [6.45, 7) is 4.29. The third-order valence-corrected chi connectivity index (χ3v) is 6.25. The quantitative estimate of drug-likeness (QED) is 0.358. The predicted octanol–water partition coefficient (Wildman–Crippen LogP) is 2.00. The van der Waals surface area contributed by atoms with Gasteiger partial charge in [0.1, 0.15) is 0 Å². The van der Waals surface area contributed by atoms with Crippen molar-refractivity contribution in [3.05, 3.63) is 0 Å². The summed E-state index contributed by atoms with van der Waals surface area (Å²) >= 11 is 4.51. The molecule has 0 aromatic carbocycles. The molecule has 0 saturated heterocycles. The molecule has 0 rings (SSSR count). The Bertz CT molecular complexity index is 183. The lowest BCUT2D eigenvalue weighted by atomic mass is 10.2. The minimum Gasteiger partial charge on any atom is -0.518 e. The number of aliphatic hydroxyl groups is 2. The van der Waals surface area contributed by atoms with Gasteiger partial charge >= 0.3 is 0 Å². The summed E-state index contributed by atoms with van der Waals surface area (Å²) in [5.74, 6) is 0. The summed E-state index contributed by atoms with van der Waals surface area (Å²) in [4.78, 5) is 0.318. The van der Waals surface area contributed by atoms with E-state index in [-0.39, 0.29) is 6.61 Å². The van der Waals surface area contributed by atoms with Gasteiger partial charge in [-0.05, 0) is 6.42 Å². The molecular weight excluding hydrogens is 212 g/mol. The Morgan fingerprint density at radius 1 is 1.43 bits per heavy atom. The minimum atomic E-state index is -0.912. The Kier molecular flexibility index (Phi) is 8.62. The maximum atomic E-state index is 9.60. The first-order valence-electron chi connectivity index (χ1n) is 5.31. The van der Waals surface area contributed by atoms with Gasteiger partial charge in [0.15, 0.2) is 0 Å². The number of rotatable bonds is 7. The maximum absolute atomic E-state index is 9.60. The largest absolute Gasteiger partial charge is 0.518 e. The molecule has 2 N–H and O–H groups in total. The summed E-state index contributed by atoms with van der Waals surface area (Å²) in [6.07, 6.45) is 5.16. The molecule has 84 valence electrons. The smallest absolute Gasteiger partial charge is 0.0699 e. The first-order chi connectivity index (χ1) is 6.63. The molecule has 0 aromatic heterocycles. The Morgan fingerprint density at radius 2 is 2.07 bits per heavy atom. The van der Waals surface area contributed by atoms with Crippen LogP contribution in [-0.4, -0.2) is 35.5 Å². The van der Waals surface area contributed by atoms with E-state index in [1.807, 2.05) is 0 Å². The molecule has 4 heteroatoms. The molecule has 0 aliphatic carbocycles. The molecular formula is C10H22O2SSi. The predicted molar refractivity (Wildman–Crippen MR) is 67.2 cm³/mol. The van der Waals surface area contributed by atoms with Crippen LogP contribution in [0.2, 0.25) is 6.55 Å². The SMILES string of the molecule is CCCCCC(S)/[Si](C)=C(\O)CCO. The van der Waals surface area contributed by atoms with Crippen molar-refractivity contribution in [2.45, 2.75) is 50.4 Å². The van der Waals surface area contributed by atoms with Crippen LogP contribution in [0.1, 0.15) is 39.0 Å². The van der Waals surface area contributed by atoms with E-state index < -0.39 is 8.41 Å². The van der Waals surface area contributed by atoms with Crippen molar-refractivity contribution in [1.29, 1.82) is 0 Å². The fourth-order valence-corrected chi connectivity index (χ4v) is 3.46. The average Bonchev–Trinajstić information content (AvgIpc) is 2.17. The van der Waals surface area contributed by atoms with Crippen LogP contribution in [0.15, 0.2) is 0 Å². The summed E-state index contributed by atoms with van der Waals surface area (Å²) in [6, 6.07) is 0. The normalized spacial score (nSPS) is 15.1. The van der Waals surface area contributed by atoms with Crippen LogP contribution >= 0.6 is 12.6 Å². The Labute approximate surface area is 94.0 Å². The zero-order chi connectivity index (χ0) is 11.0. The summed E-state index contributed by atoms with van der Waals surface area (Å²) < 4.78 is 0. The van der Waals surface area contributed by atoms with Crippen molar-refractivity contribution < 1.29 is 10.2 Å². The standard InChI is InChI=1S/C10H22O2SSi/c1-3-4-5-6-10(13)14(2)9(12)7-8-11/h10-13H,3-8H2,1-2H3/b14-9-. The molecule has 2 nitrogen and oxygen atoms in total. The monoisotopic (exact) mass is 234 g/mol. The van der Waals surface area contributed by atoms with Crippen LogP contribution in [0.4, 0.5) is 0 Å². The molecule has 0 aliphatic heterocycles. The highest BCUT2D eigenvalue weighted by Crippen LogP contribution is 2.09. The van der Waals surface area contributed by atoms with Gasteiger partial charge in [0, 0.05) is 17.9 Å². The van der Waals surface area contributed by atoms with Crippen molar-refractivity contribution in [2.75, 3.05) is 6.61 Å². The highest BCUT2D eigenvalue weighted by molar-refractivity contribution is 7.82. The van der Waals surface area contributed by atoms with Gasteiger partial charge in [-0.15, -0.1) is 0 Å². The van der Waals surface area contributed by atoms with Crippen LogP contribution in [0.5, 0.6) is 0 Å². The first kappa shape index (κ1) is 14.2. The molecule has 0 radical (unpaired) electrons. The molecule has 0 aliphatic rings. The lowest BCUT2D eigenvalue weighted by Crippen LogP contribution is -2.24. The van der Waals surface area contributed by atoms with Gasteiger partial charge in [-0.25, -0.2) is 0 Å². The molecule has 0 spiro atoms. The Balaban J connectivity index is 3.96. The highest BCUT2D eigenvalue weighted by Gasteiger charge is 2.10. The maximum Gasteiger partial charge on any atom is 0.0699 e. The first-order valence-corrected chi connectivity index (χ1v) is 7.90. The van der Waals surface area contributed by atoms with E-state index in [0.29, 0.717) is 16.6 Å². The number of thiol groups is 1. The molecule has 1 atom stereocenters. The molecule has 14 heavy (non-hydrogen) atoms. The van der Waals surface area contributed by atoms with E-state index in [4.69, 9.17) is 5.11 Å². The molecule has 0 saturated carbocycles. The van der Waals surface area contributed by atoms with Crippen LogP contribution in [-0.2, 0) is 0 Å². The number of unbranched alkanes of at least 4 members (excludes halogenated alkanes) is 2. The average molecular weight is 234 g/mol. The topological polar surface area (TPSA) is 40.5 Å². The third kappa shape index (κ3) is 5.83. The zero-order valence-corrected chi connectivity index (χ0v) is 11.1. The molecule has 0 aromatic rings. The van der Waals surface area contributed by atoms with Crippen LogP contribution in [0, 0.1) is 0 Å². The van der Waals surface area contributed by atoms with Gasteiger partial charge in [-0.2, -0.15) is 12.6 Å². The number of aliphatic hydroxyl groups excluding tert-OH is 2. The second-order valence-electron chi connectivity index (χ2n) is 3.61. The lowest BCUT2D eigenvalue weighted by Gasteiger charge is -2.12. The second-order valence-corrected chi connectivity index (χ2v) is 7.36. The minimum absolute atomic E-state index is 0.0449. The summed E-state index contributed by atoms with van der Waals surface area (Å²) in [5, 5.41) is 18.8. The van der Waals surface area contributed by atoms with Gasteiger partial charge in [0.05, 0.1) is 13.8 Å². The van der Waals surface area contributed by atoms with Crippen molar-refractivity contribution >= 4 is 26.4 Å².